The van der Waals surface area contributed by atoms with Crippen molar-refractivity contribution in [3.8, 4) is 11.8 Å². The van der Waals surface area contributed by atoms with E-state index in [-0.39, 0.29) is 29.7 Å². The van der Waals surface area contributed by atoms with Crippen LogP contribution in [0.3, 0.4) is 0 Å². The number of benzene rings is 2. The first-order chi connectivity index (χ1) is 13.5. The van der Waals surface area contributed by atoms with Crippen molar-refractivity contribution in [3.63, 3.8) is 0 Å². The van der Waals surface area contributed by atoms with Crippen LogP contribution in [0.2, 0.25) is 0 Å². The second-order valence-corrected chi connectivity index (χ2v) is 8.00. The quantitative estimate of drug-likeness (QED) is 0.632. The maximum atomic E-state index is 12.2. The van der Waals surface area contributed by atoms with Gasteiger partial charge >= 0.3 is 0 Å². The van der Waals surface area contributed by atoms with Crippen molar-refractivity contribution in [1.82, 2.24) is 5.32 Å². The first-order valence-electron chi connectivity index (χ1n) is 8.37. The number of carbonyl (C=O) groups is 2. The van der Waals surface area contributed by atoms with Gasteiger partial charge in [-0.1, -0.05) is 39.8 Å². The summed E-state index contributed by atoms with van der Waals surface area (Å²) in [5, 5.41) is 25.2. The number of allylic oxidation sites excluding steroid dienone is 1. The third-order valence-corrected chi connectivity index (χ3v) is 5.65. The first-order valence-corrected chi connectivity index (χ1v) is 10.2. The number of nitrogens with one attached hydrogen (secondary N) is 2. The molecule has 3 rings (SSSR count). The molecule has 28 heavy (non-hydrogen) atoms. The zero-order chi connectivity index (χ0) is 20.1. The Morgan fingerprint density at radius 1 is 1.32 bits per heavy atom. The largest absolute Gasteiger partial charge is 0.508 e. The van der Waals surface area contributed by atoms with Crippen LogP contribution in [0.5, 0.6) is 5.75 Å². The van der Waals surface area contributed by atoms with Crippen LogP contribution < -0.4 is 10.6 Å². The van der Waals surface area contributed by atoms with Crippen LogP contribution in [0.4, 0.5) is 5.69 Å². The van der Waals surface area contributed by atoms with Crippen LogP contribution in [0, 0.1) is 11.3 Å². The fourth-order valence-electron chi connectivity index (χ4n) is 2.83. The number of anilines is 1. The molecule has 1 heterocycles. The molecule has 0 bridgehead atoms. The summed E-state index contributed by atoms with van der Waals surface area (Å²) < 4.78 is 0.909. The number of nitrogens with zero attached hydrogens (tertiary/aromatic N) is 1. The Morgan fingerprint density at radius 2 is 2.07 bits per heavy atom. The second kappa shape index (κ2) is 8.95. The van der Waals surface area contributed by atoms with Gasteiger partial charge in [0.25, 0.3) is 0 Å². The summed E-state index contributed by atoms with van der Waals surface area (Å²) in [4.78, 5) is 24.4. The standard InChI is InChI=1S/C20H16BrN3O3S/c21-13-4-6-14(7-5-13)23-19(27)11-28-20-17(10-22)16(9-18(26)24-20)12-2-1-3-15(25)8-12/h1-8,16,25H,9,11H2,(H,23,27)(H,24,26). The smallest absolute Gasteiger partial charge is 0.234 e. The predicted molar refractivity (Wildman–Crippen MR) is 111 cm³/mol. The third-order valence-electron chi connectivity index (χ3n) is 4.10. The van der Waals surface area contributed by atoms with Crippen molar-refractivity contribution in [2.45, 2.75) is 12.3 Å². The number of amides is 2. The predicted octanol–water partition coefficient (Wildman–Crippen LogP) is 3.87. The minimum atomic E-state index is -0.456. The van der Waals surface area contributed by atoms with Gasteiger partial charge in [-0.05, 0) is 42.0 Å². The van der Waals surface area contributed by atoms with Crippen molar-refractivity contribution >= 4 is 45.2 Å². The lowest BCUT2D eigenvalue weighted by molar-refractivity contribution is -0.121. The summed E-state index contributed by atoms with van der Waals surface area (Å²) in [6.45, 7) is 0. The van der Waals surface area contributed by atoms with E-state index in [2.05, 4.69) is 32.6 Å². The molecular formula is C20H16BrN3O3S. The van der Waals surface area contributed by atoms with E-state index in [1.807, 2.05) is 12.1 Å². The number of phenols is 1. The zero-order valence-electron chi connectivity index (χ0n) is 14.6. The molecule has 2 aromatic rings. The molecule has 0 fully saturated rings. The minimum Gasteiger partial charge on any atom is -0.508 e. The zero-order valence-corrected chi connectivity index (χ0v) is 17.0. The van der Waals surface area contributed by atoms with Gasteiger partial charge in [0.05, 0.1) is 22.4 Å². The lowest BCUT2D eigenvalue weighted by atomic mass is 9.87. The summed E-state index contributed by atoms with van der Waals surface area (Å²) in [5.74, 6) is -0.815. The van der Waals surface area contributed by atoms with E-state index in [9.17, 15) is 20.0 Å². The first kappa shape index (κ1) is 20.0. The van der Waals surface area contributed by atoms with E-state index in [0.717, 1.165) is 16.2 Å². The number of thioether (sulfide) groups is 1. The number of rotatable bonds is 5. The van der Waals surface area contributed by atoms with Crippen molar-refractivity contribution in [2.75, 3.05) is 11.1 Å². The van der Waals surface area contributed by atoms with Crippen LogP contribution >= 0.6 is 27.7 Å². The van der Waals surface area contributed by atoms with Gasteiger partial charge in [0.15, 0.2) is 0 Å². The highest BCUT2D eigenvalue weighted by Gasteiger charge is 2.30. The molecule has 1 atom stereocenters. The summed E-state index contributed by atoms with van der Waals surface area (Å²) in [6, 6.07) is 15.8. The van der Waals surface area contributed by atoms with E-state index in [1.165, 1.54) is 6.07 Å². The Hall–Kier alpha value is -2.76. The lowest BCUT2D eigenvalue weighted by Crippen LogP contribution is -2.31. The van der Waals surface area contributed by atoms with Crippen molar-refractivity contribution < 1.29 is 14.7 Å². The monoisotopic (exact) mass is 457 g/mol. The number of hydrogen-bond donors (Lipinski definition) is 3. The Labute approximate surface area is 174 Å². The fourth-order valence-corrected chi connectivity index (χ4v) is 3.97. The van der Waals surface area contributed by atoms with E-state index >= 15 is 0 Å². The molecule has 1 unspecified atom stereocenters. The fraction of sp³-hybridized carbons (Fsp3) is 0.150. The van der Waals surface area contributed by atoms with Gasteiger partial charge in [-0.3, -0.25) is 9.59 Å². The van der Waals surface area contributed by atoms with Gasteiger partial charge in [0.2, 0.25) is 11.8 Å². The molecule has 0 radical (unpaired) electrons. The molecule has 142 valence electrons. The summed E-state index contributed by atoms with van der Waals surface area (Å²) >= 11 is 4.44. The van der Waals surface area contributed by atoms with Crippen LogP contribution in [-0.4, -0.2) is 22.7 Å². The van der Waals surface area contributed by atoms with Gasteiger partial charge < -0.3 is 15.7 Å². The van der Waals surface area contributed by atoms with Crippen molar-refractivity contribution in [2.24, 2.45) is 0 Å². The molecule has 0 saturated heterocycles. The van der Waals surface area contributed by atoms with Crippen LogP contribution in [0.25, 0.3) is 0 Å². The molecule has 0 spiro atoms. The average molecular weight is 458 g/mol. The Bertz CT molecular complexity index is 983. The highest BCUT2D eigenvalue weighted by Crippen LogP contribution is 2.36. The minimum absolute atomic E-state index is 0.0453. The normalized spacial score (nSPS) is 16.3. The number of nitriles is 1. The number of carbonyl (C=O) groups excluding carboxylic acids is 2. The van der Waals surface area contributed by atoms with Gasteiger partial charge in [-0.15, -0.1) is 0 Å². The van der Waals surface area contributed by atoms with E-state index in [0.29, 0.717) is 21.9 Å². The molecule has 3 N–H and O–H groups in total. The molecule has 6 nitrogen and oxygen atoms in total. The highest BCUT2D eigenvalue weighted by atomic mass is 79.9. The number of hydrogen-bond acceptors (Lipinski definition) is 5. The van der Waals surface area contributed by atoms with Crippen LogP contribution in [0.1, 0.15) is 17.9 Å². The van der Waals surface area contributed by atoms with E-state index < -0.39 is 5.92 Å². The van der Waals surface area contributed by atoms with Gasteiger partial charge in [0.1, 0.15) is 5.75 Å². The number of aromatic hydroxyl groups is 1. The molecule has 1 aliphatic heterocycles. The molecule has 8 heteroatoms. The summed E-state index contributed by atoms with van der Waals surface area (Å²) in [6.07, 6.45) is 0.113. The Morgan fingerprint density at radius 3 is 2.75 bits per heavy atom. The molecule has 0 saturated carbocycles. The molecule has 0 aliphatic carbocycles. The third kappa shape index (κ3) is 4.94. The highest BCUT2D eigenvalue weighted by molar-refractivity contribution is 9.10. The molecule has 0 aromatic heterocycles. The molecular weight excluding hydrogens is 442 g/mol. The van der Waals surface area contributed by atoms with Crippen molar-refractivity contribution in [3.05, 3.63) is 69.2 Å². The number of halogens is 1. The second-order valence-electron chi connectivity index (χ2n) is 6.10. The number of phenolic OH excluding ortho intramolecular Hbond substituents is 1. The summed E-state index contributed by atoms with van der Waals surface area (Å²) in [5.41, 5.74) is 1.73. The van der Waals surface area contributed by atoms with Gasteiger partial charge in [0, 0.05) is 22.5 Å². The SMILES string of the molecule is N#CC1=C(SCC(=O)Nc2ccc(Br)cc2)NC(=O)CC1c1cccc(O)c1. The summed E-state index contributed by atoms with van der Waals surface area (Å²) in [7, 11) is 0. The lowest BCUT2D eigenvalue weighted by Gasteiger charge is -2.25. The van der Waals surface area contributed by atoms with Gasteiger partial charge in [-0.25, -0.2) is 0 Å². The Kier molecular flexibility index (Phi) is 6.39. The molecule has 1 aliphatic rings. The Balaban J connectivity index is 1.74. The van der Waals surface area contributed by atoms with E-state index in [4.69, 9.17) is 0 Å². The van der Waals surface area contributed by atoms with Crippen molar-refractivity contribution in [1.29, 1.82) is 5.26 Å². The molecule has 2 amide bonds. The van der Waals surface area contributed by atoms with Gasteiger partial charge in [-0.2, -0.15) is 5.26 Å². The van der Waals surface area contributed by atoms with E-state index in [1.54, 1.807) is 30.3 Å². The topological polar surface area (TPSA) is 102 Å². The molecule has 2 aromatic carbocycles. The van der Waals surface area contributed by atoms with Crippen LogP contribution in [-0.2, 0) is 9.59 Å². The van der Waals surface area contributed by atoms with Crippen LogP contribution in [0.15, 0.2) is 63.6 Å². The average Bonchev–Trinajstić information content (AvgIpc) is 2.67. The maximum Gasteiger partial charge on any atom is 0.234 e. The maximum absolute atomic E-state index is 12.2.